The first-order chi connectivity index (χ1) is 8.16. The van der Waals surface area contributed by atoms with Crippen molar-refractivity contribution in [1.29, 1.82) is 0 Å². The Balaban J connectivity index is 2.53. The number of aromatic carboxylic acids is 1. The molecule has 2 heterocycles. The zero-order valence-corrected chi connectivity index (χ0v) is 8.54. The molecule has 0 saturated carbocycles. The molecular formula is C11H7N3O3. The van der Waals surface area contributed by atoms with Crippen LogP contribution in [0.1, 0.15) is 10.4 Å². The summed E-state index contributed by atoms with van der Waals surface area (Å²) in [5, 5.41) is 8.92. The fourth-order valence-corrected chi connectivity index (χ4v) is 1.81. The zero-order chi connectivity index (χ0) is 12.0. The summed E-state index contributed by atoms with van der Waals surface area (Å²) in [5.41, 5.74) is 1.49. The number of H-pyrrole nitrogens is 1. The maximum Gasteiger partial charge on any atom is 0.335 e. The molecule has 0 fully saturated rings. The fourth-order valence-electron chi connectivity index (χ4n) is 1.81. The van der Waals surface area contributed by atoms with Gasteiger partial charge in [0.2, 0.25) is 0 Å². The third-order valence-electron chi connectivity index (χ3n) is 2.62. The highest BCUT2D eigenvalue weighted by Crippen LogP contribution is 2.14. The number of nitrogens with zero attached hydrogens (tertiary/aromatic N) is 2. The Morgan fingerprint density at radius 1 is 1.35 bits per heavy atom. The number of carbonyl (C=O) groups is 1. The molecule has 2 N–H and O–H groups in total. The molecule has 0 atom stereocenters. The average Bonchev–Trinajstić information content (AvgIpc) is 2.78. The standard InChI is InChI=1S/C11H7N3O3/c15-10-9-4-12-5-14(9)8-3-6(11(16)17)1-2-7(8)13-10/h1-5H,(H,13,15)(H,16,17). The number of fused-ring (bicyclic) bond motifs is 3. The van der Waals surface area contributed by atoms with Crippen LogP contribution in [0, 0.1) is 0 Å². The van der Waals surface area contributed by atoms with Crippen molar-refractivity contribution in [1.82, 2.24) is 14.4 Å². The van der Waals surface area contributed by atoms with Crippen LogP contribution in [0.15, 0.2) is 35.5 Å². The number of hydrogen-bond donors (Lipinski definition) is 2. The van der Waals surface area contributed by atoms with Crippen molar-refractivity contribution < 1.29 is 9.90 Å². The van der Waals surface area contributed by atoms with E-state index in [2.05, 4.69) is 9.97 Å². The molecule has 3 aromatic rings. The normalized spacial score (nSPS) is 11.1. The lowest BCUT2D eigenvalue weighted by atomic mass is 10.2. The van der Waals surface area contributed by atoms with E-state index in [0.29, 0.717) is 16.6 Å². The van der Waals surface area contributed by atoms with Crippen LogP contribution in [0.5, 0.6) is 0 Å². The quantitative estimate of drug-likeness (QED) is 0.648. The van der Waals surface area contributed by atoms with E-state index in [1.807, 2.05) is 0 Å². The summed E-state index contributed by atoms with van der Waals surface area (Å²) in [6, 6.07) is 4.52. The minimum Gasteiger partial charge on any atom is -0.478 e. The highest BCUT2D eigenvalue weighted by atomic mass is 16.4. The molecule has 6 nitrogen and oxygen atoms in total. The number of carboxylic acid groups (broad SMARTS) is 1. The van der Waals surface area contributed by atoms with Crippen LogP contribution in [0.2, 0.25) is 0 Å². The predicted octanol–water partition coefficient (Wildman–Crippen LogP) is 0.874. The third-order valence-corrected chi connectivity index (χ3v) is 2.62. The maximum atomic E-state index is 11.6. The summed E-state index contributed by atoms with van der Waals surface area (Å²) < 4.78 is 1.57. The number of benzene rings is 1. The van der Waals surface area contributed by atoms with Crippen LogP contribution in [0.3, 0.4) is 0 Å². The van der Waals surface area contributed by atoms with Crippen LogP contribution in [-0.2, 0) is 0 Å². The van der Waals surface area contributed by atoms with E-state index in [4.69, 9.17) is 5.11 Å². The first-order valence-corrected chi connectivity index (χ1v) is 4.88. The van der Waals surface area contributed by atoms with Gasteiger partial charge in [0.15, 0.2) is 0 Å². The Morgan fingerprint density at radius 2 is 2.18 bits per heavy atom. The van der Waals surface area contributed by atoms with Gasteiger partial charge in [0.05, 0.1) is 29.1 Å². The topological polar surface area (TPSA) is 87.5 Å². The molecule has 0 saturated heterocycles. The van der Waals surface area contributed by atoms with Gasteiger partial charge in [-0.25, -0.2) is 9.78 Å². The number of carboxylic acids is 1. The van der Waals surface area contributed by atoms with E-state index in [9.17, 15) is 9.59 Å². The van der Waals surface area contributed by atoms with Crippen LogP contribution < -0.4 is 5.56 Å². The number of nitrogens with one attached hydrogen (secondary N) is 1. The molecule has 0 amide bonds. The van der Waals surface area contributed by atoms with E-state index in [1.54, 1.807) is 10.5 Å². The van der Waals surface area contributed by atoms with Crippen LogP contribution >= 0.6 is 0 Å². The second-order valence-corrected chi connectivity index (χ2v) is 3.64. The summed E-state index contributed by atoms with van der Waals surface area (Å²) in [5.74, 6) is -1.01. The smallest absolute Gasteiger partial charge is 0.335 e. The Kier molecular flexibility index (Phi) is 1.79. The molecule has 0 aliphatic heterocycles. The Bertz CT molecular complexity index is 800. The van der Waals surface area contributed by atoms with Gasteiger partial charge in [-0.1, -0.05) is 0 Å². The molecule has 3 rings (SSSR count). The van der Waals surface area contributed by atoms with Crippen molar-refractivity contribution in [2.45, 2.75) is 0 Å². The van der Waals surface area contributed by atoms with Crippen molar-refractivity contribution in [3.63, 3.8) is 0 Å². The molecule has 0 aliphatic rings. The monoisotopic (exact) mass is 229 g/mol. The molecular weight excluding hydrogens is 222 g/mol. The molecule has 84 valence electrons. The minimum atomic E-state index is -1.01. The van der Waals surface area contributed by atoms with E-state index < -0.39 is 5.97 Å². The molecule has 6 heteroatoms. The summed E-state index contributed by atoms with van der Waals surface area (Å²) in [4.78, 5) is 29.1. The van der Waals surface area contributed by atoms with Crippen molar-refractivity contribution >= 4 is 22.5 Å². The molecule has 0 spiro atoms. The van der Waals surface area contributed by atoms with Crippen molar-refractivity contribution in [3.8, 4) is 0 Å². The van der Waals surface area contributed by atoms with Gasteiger partial charge in [-0.05, 0) is 18.2 Å². The summed E-state index contributed by atoms with van der Waals surface area (Å²) in [7, 11) is 0. The molecule has 0 radical (unpaired) electrons. The first kappa shape index (κ1) is 9.59. The lowest BCUT2D eigenvalue weighted by molar-refractivity contribution is 0.0697. The van der Waals surface area contributed by atoms with E-state index in [-0.39, 0.29) is 11.1 Å². The van der Waals surface area contributed by atoms with Gasteiger partial charge in [-0.15, -0.1) is 0 Å². The maximum absolute atomic E-state index is 11.6. The van der Waals surface area contributed by atoms with Crippen molar-refractivity contribution in [3.05, 3.63) is 46.6 Å². The van der Waals surface area contributed by atoms with E-state index in [1.165, 1.54) is 24.7 Å². The summed E-state index contributed by atoms with van der Waals surface area (Å²) >= 11 is 0. The zero-order valence-electron chi connectivity index (χ0n) is 8.54. The minimum absolute atomic E-state index is 0.166. The number of rotatable bonds is 1. The lowest BCUT2D eigenvalue weighted by Gasteiger charge is -2.02. The van der Waals surface area contributed by atoms with Gasteiger partial charge in [0.25, 0.3) is 5.56 Å². The van der Waals surface area contributed by atoms with Gasteiger partial charge in [-0.3, -0.25) is 9.20 Å². The number of aromatic amines is 1. The Labute approximate surface area is 94.2 Å². The van der Waals surface area contributed by atoms with E-state index in [0.717, 1.165) is 0 Å². The van der Waals surface area contributed by atoms with Gasteiger partial charge < -0.3 is 10.1 Å². The SMILES string of the molecule is O=C(O)c1ccc2[nH]c(=O)c3cncn3c2c1. The van der Waals surface area contributed by atoms with Crippen LogP contribution in [-0.4, -0.2) is 25.4 Å². The largest absolute Gasteiger partial charge is 0.478 e. The van der Waals surface area contributed by atoms with Crippen LogP contribution in [0.25, 0.3) is 16.6 Å². The van der Waals surface area contributed by atoms with Crippen LogP contribution in [0.4, 0.5) is 0 Å². The molecule has 2 aromatic heterocycles. The second kappa shape index (κ2) is 3.18. The predicted molar refractivity (Wildman–Crippen MR) is 60.3 cm³/mol. The van der Waals surface area contributed by atoms with Gasteiger partial charge in [0.1, 0.15) is 5.52 Å². The molecule has 17 heavy (non-hydrogen) atoms. The highest BCUT2D eigenvalue weighted by molar-refractivity contribution is 5.92. The Morgan fingerprint density at radius 3 is 2.94 bits per heavy atom. The first-order valence-electron chi connectivity index (χ1n) is 4.88. The molecule has 0 aliphatic carbocycles. The third kappa shape index (κ3) is 1.31. The Hall–Kier alpha value is -2.63. The molecule has 0 unspecified atom stereocenters. The lowest BCUT2D eigenvalue weighted by Crippen LogP contribution is -2.10. The number of aromatic nitrogens is 3. The van der Waals surface area contributed by atoms with Gasteiger partial charge in [0, 0.05) is 0 Å². The second-order valence-electron chi connectivity index (χ2n) is 3.64. The average molecular weight is 229 g/mol. The van der Waals surface area contributed by atoms with Gasteiger partial charge >= 0.3 is 5.97 Å². The number of hydrogen-bond acceptors (Lipinski definition) is 3. The van der Waals surface area contributed by atoms with Crippen molar-refractivity contribution in [2.24, 2.45) is 0 Å². The van der Waals surface area contributed by atoms with Gasteiger partial charge in [-0.2, -0.15) is 0 Å². The summed E-state index contributed by atoms with van der Waals surface area (Å²) in [6.45, 7) is 0. The fraction of sp³-hybridized carbons (Fsp3) is 0. The molecule has 1 aromatic carbocycles. The van der Waals surface area contributed by atoms with E-state index >= 15 is 0 Å². The molecule has 0 bridgehead atoms. The summed E-state index contributed by atoms with van der Waals surface area (Å²) in [6.07, 6.45) is 2.92. The van der Waals surface area contributed by atoms with Crippen molar-refractivity contribution in [2.75, 3.05) is 0 Å². The number of imidazole rings is 1. The highest BCUT2D eigenvalue weighted by Gasteiger charge is 2.08.